The van der Waals surface area contributed by atoms with Gasteiger partial charge < -0.3 is 5.73 Å². The van der Waals surface area contributed by atoms with Gasteiger partial charge in [-0.05, 0) is 30.0 Å². The van der Waals surface area contributed by atoms with Crippen LogP contribution in [-0.2, 0) is 10.0 Å². The molecule has 1 aromatic carbocycles. The molecule has 0 saturated heterocycles. The van der Waals surface area contributed by atoms with Crippen molar-refractivity contribution in [2.24, 2.45) is 5.41 Å². The Labute approximate surface area is 124 Å². The molecule has 0 fully saturated rings. The fraction of sp³-hybridized carbons (Fsp3) is 0.538. The van der Waals surface area contributed by atoms with Crippen LogP contribution in [0.2, 0.25) is 0 Å². The monoisotopic (exact) mass is 348 g/mol. The Bertz CT molecular complexity index is 577. The van der Waals surface area contributed by atoms with E-state index in [1.807, 2.05) is 20.8 Å². The summed E-state index contributed by atoms with van der Waals surface area (Å²) < 4.78 is 27.2. The smallest absolute Gasteiger partial charge is 0.243 e. The molecule has 19 heavy (non-hydrogen) atoms. The van der Waals surface area contributed by atoms with Crippen LogP contribution in [0, 0.1) is 12.3 Å². The lowest BCUT2D eigenvalue weighted by Gasteiger charge is -2.26. The van der Waals surface area contributed by atoms with Crippen LogP contribution in [0.25, 0.3) is 0 Å². The standard InChI is InChI=1S/C13H21BrN2O2S/c1-9-11(15)6-10(14)7-12(9)19(17,18)16(5)8-13(2,3)4/h6-7H,8,15H2,1-5H3. The summed E-state index contributed by atoms with van der Waals surface area (Å²) in [6.45, 7) is 8.17. The Morgan fingerprint density at radius 1 is 1.32 bits per heavy atom. The van der Waals surface area contributed by atoms with Crippen molar-refractivity contribution >= 4 is 31.6 Å². The molecular weight excluding hydrogens is 328 g/mol. The Hall–Kier alpha value is -0.590. The molecule has 0 amide bonds. The second-order valence-electron chi connectivity index (χ2n) is 5.94. The third kappa shape index (κ3) is 3.94. The average molecular weight is 349 g/mol. The molecule has 0 saturated carbocycles. The number of benzene rings is 1. The van der Waals surface area contributed by atoms with Crippen molar-refractivity contribution in [1.29, 1.82) is 0 Å². The zero-order valence-corrected chi connectivity index (χ0v) is 14.4. The number of anilines is 1. The molecule has 1 rings (SSSR count). The van der Waals surface area contributed by atoms with Crippen LogP contribution >= 0.6 is 15.9 Å². The summed E-state index contributed by atoms with van der Waals surface area (Å²) in [5.41, 5.74) is 6.79. The van der Waals surface area contributed by atoms with Gasteiger partial charge in [0.25, 0.3) is 0 Å². The quantitative estimate of drug-likeness (QED) is 0.854. The van der Waals surface area contributed by atoms with Crippen LogP contribution in [0.3, 0.4) is 0 Å². The fourth-order valence-corrected chi connectivity index (χ4v) is 4.16. The summed E-state index contributed by atoms with van der Waals surface area (Å²) >= 11 is 3.29. The second-order valence-corrected chi connectivity index (χ2v) is 8.87. The number of halogens is 1. The minimum absolute atomic E-state index is 0.104. The normalized spacial score (nSPS) is 13.0. The number of sulfonamides is 1. The van der Waals surface area contributed by atoms with Crippen molar-refractivity contribution in [3.63, 3.8) is 0 Å². The summed E-state index contributed by atoms with van der Waals surface area (Å²) in [7, 11) is -1.93. The van der Waals surface area contributed by atoms with E-state index in [4.69, 9.17) is 5.73 Å². The van der Waals surface area contributed by atoms with Gasteiger partial charge in [0.05, 0.1) is 4.90 Å². The molecule has 0 atom stereocenters. The van der Waals surface area contributed by atoms with Crippen molar-refractivity contribution in [3.8, 4) is 0 Å². The molecule has 1 aromatic rings. The molecule has 0 spiro atoms. The minimum Gasteiger partial charge on any atom is -0.398 e. The summed E-state index contributed by atoms with van der Waals surface area (Å²) in [5.74, 6) is 0. The first kappa shape index (κ1) is 16.5. The highest BCUT2D eigenvalue weighted by Gasteiger charge is 2.27. The maximum absolute atomic E-state index is 12.6. The lowest BCUT2D eigenvalue weighted by atomic mass is 9.97. The molecule has 0 aliphatic carbocycles. The van der Waals surface area contributed by atoms with Crippen LogP contribution in [-0.4, -0.2) is 26.3 Å². The highest BCUT2D eigenvalue weighted by atomic mass is 79.9. The first-order valence-electron chi connectivity index (χ1n) is 5.97. The highest BCUT2D eigenvalue weighted by Crippen LogP contribution is 2.29. The lowest BCUT2D eigenvalue weighted by Crippen LogP contribution is -2.35. The first-order chi connectivity index (χ1) is 8.45. The SMILES string of the molecule is Cc1c(N)cc(Br)cc1S(=O)(=O)N(C)CC(C)(C)C. The van der Waals surface area contributed by atoms with Crippen molar-refractivity contribution in [2.45, 2.75) is 32.6 Å². The van der Waals surface area contributed by atoms with Crippen LogP contribution in [0.4, 0.5) is 5.69 Å². The van der Waals surface area contributed by atoms with E-state index in [1.54, 1.807) is 26.1 Å². The van der Waals surface area contributed by atoms with Gasteiger partial charge in [0.1, 0.15) is 0 Å². The first-order valence-corrected chi connectivity index (χ1v) is 8.20. The van der Waals surface area contributed by atoms with Crippen molar-refractivity contribution in [1.82, 2.24) is 4.31 Å². The molecule has 4 nitrogen and oxygen atoms in total. The van der Waals surface area contributed by atoms with Crippen molar-refractivity contribution in [2.75, 3.05) is 19.3 Å². The third-order valence-corrected chi connectivity index (χ3v) is 5.14. The Morgan fingerprint density at radius 2 is 1.84 bits per heavy atom. The van der Waals surface area contributed by atoms with E-state index in [2.05, 4.69) is 15.9 Å². The molecule has 0 unspecified atom stereocenters. The molecule has 0 aliphatic rings. The molecule has 0 heterocycles. The predicted octanol–water partition coefficient (Wildman–Crippen LogP) is 3.01. The Kier molecular flexibility index (Phi) is 4.70. The zero-order chi connectivity index (χ0) is 15.0. The molecule has 108 valence electrons. The van der Waals surface area contributed by atoms with E-state index >= 15 is 0 Å². The summed E-state index contributed by atoms with van der Waals surface area (Å²) in [5, 5.41) is 0. The molecular formula is C13H21BrN2O2S. The second kappa shape index (κ2) is 5.42. The molecule has 0 radical (unpaired) electrons. The summed E-state index contributed by atoms with van der Waals surface area (Å²) in [6, 6.07) is 3.30. The van der Waals surface area contributed by atoms with E-state index < -0.39 is 10.0 Å². The van der Waals surface area contributed by atoms with E-state index in [-0.39, 0.29) is 10.3 Å². The van der Waals surface area contributed by atoms with Crippen LogP contribution in [0.15, 0.2) is 21.5 Å². The number of hydrogen-bond donors (Lipinski definition) is 1. The van der Waals surface area contributed by atoms with Gasteiger partial charge in [0, 0.05) is 23.8 Å². The van der Waals surface area contributed by atoms with E-state index in [1.165, 1.54) is 4.31 Å². The Balaban J connectivity index is 3.28. The van der Waals surface area contributed by atoms with Gasteiger partial charge in [-0.2, -0.15) is 0 Å². The molecule has 0 aliphatic heterocycles. The van der Waals surface area contributed by atoms with Crippen molar-refractivity contribution in [3.05, 3.63) is 22.2 Å². The molecule has 0 aromatic heterocycles. The van der Waals surface area contributed by atoms with Crippen molar-refractivity contribution < 1.29 is 8.42 Å². The van der Waals surface area contributed by atoms with Crippen LogP contribution in [0.5, 0.6) is 0 Å². The van der Waals surface area contributed by atoms with E-state index in [0.29, 0.717) is 22.3 Å². The van der Waals surface area contributed by atoms with Gasteiger partial charge in [0.15, 0.2) is 0 Å². The maximum Gasteiger partial charge on any atom is 0.243 e. The van der Waals surface area contributed by atoms with Gasteiger partial charge >= 0.3 is 0 Å². The minimum atomic E-state index is -3.52. The van der Waals surface area contributed by atoms with Crippen LogP contribution < -0.4 is 5.73 Å². The largest absolute Gasteiger partial charge is 0.398 e. The van der Waals surface area contributed by atoms with Crippen LogP contribution in [0.1, 0.15) is 26.3 Å². The number of nitrogens with zero attached hydrogens (tertiary/aromatic N) is 1. The molecule has 2 N–H and O–H groups in total. The lowest BCUT2D eigenvalue weighted by molar-refractivity contribution is 0.310. The van der Waals surface area contributed by atoms with Gasteiger partial charge in [-0.3, -0.25) is 0 Å². The number of nitrogens with two attached hydrogens (primary N) is 1. The Morgan fingerprint density at radius 3 is 2.32 bits per heavy atom. The number of hydrogen-bond acceptors (Lipinski definition) is 3. The van der Waals surface area contributed by atoms with Gasteiger partial charge in [0.2, 0.25) is 10.0 Å². The summed E-state index contributed by atoms with van der Waals surface area (Å²) in [6.07, 6.45) is 0. The van der Waals surface area contributed by atoms with E-state index in [9.17, 15) is 8.42 Å². The average Bonchev–Trinajstić information content (AvgIpc) is 2.20. The number of rotatable bonds is 3. The molecule has 0 bridgehead atoms. The zero-order valence-electron chi connectivity index (χ0n) is 12.0. The topological polar surface area (TPSA) is 63.4 Å². The third-order valence-electron chi connectivity index (χ3n) is 2.75. The van der Waals surface area contributed by atoms with Gasteiger partial charge in [-0.1, -0.05) is 36.7 Å². The van der Waals surface area contributed by atoms with Gasteiger partial charge in [-0.25, -0.2) is 12.7 Å². The maximum atomic E-state index is 12.6. The van der Waals surface area contributed by atoms with E-state index in [0.717, 1.165) is 0 Å². The molecule has 6 heteroatoms. The predicted molar refractivity (Wildman–Crippen MR) is 82.6 cm³/mol. The fourth-order valence-electron chi connectivity index (χ4n) is 1.86. The number of nitrogen functional groups attached to an aromatic ring is 1. The summed E-state index contributed by atoms with van der Waals surface area (Å²) in [4.78, 5) is 0.256. The highest BCUT2D eigenvalue weighted by molar-refractivity contribution is 9.10. The van der Waals surface area contributed by atoms with Gasteiger partial charge in [-0.15, -0.1) is 0 Å².